The molecule has 1 saturated carbocycles. The number of hydrogen-bond donors (Lipinski definition) is 1. The first-order chi connectivity index (χ1) is 9.59. The lowest BCUT2D eigenvalue weighted by Gasteiger charge is -2.15. The van der Waals surface area contributed by atoms with Crippen LogP contribution in [0.4, 0.5) is 0 Å². The molecule has 0 aliphatic heterocycles. The van der Waals surface area contributed by atoms with E-state index in [1.807, 2.05) is 13.0 Å². The summed E-state index contributed by atoms with van der Waals surface area (Å²) in [6, 6.07) is 3.59. The second kappa shape index (κ2) is 4.83. The van der Waals surface area contributed by atoms with Crippen LogP contribution in [0, 0.1) is 6.92 Å². The molecule has 2 aromatic rings. The number of aryl methyl sites for hydroxylation is 1. The molecule has 4 nitrogen and oxygen atoms in total. The first kappa shape index (κ1) is 13.0. The Balaban J connectivity index is 2.20. The second-order valence-electron chi connectivity index (χ2n) is 4.86. The third-order valence-electron chi connectivity index (χ3n) is 3.61. The molecule has 0 spiro atoms. The van der Waals surface area contributed by atoms with Crippen LogP contribution in [0.3, 0.4) is 0 Å². The van der Waals surface area contributed by atoms with Gasteiger partial charge in [0.25, 0.3) is 0 Å². The average Bonchev–Trinajstić information content (AvgIpc) is 2.88. The summed E-state index contributed by atoms with van der Waals surface area (Å²) in [5.41, 5.74) is 3.80. The van der Waals surface area contributed by atoms with E-state index in [0.717, 1.165) is 15.8 Å². The fourth-order valence-corrected chi connectivity index (χ4v) is 3.27. The van der Waals surface area contributed by atoms with Crippen molar-refractivity contribution >= 4 is 38.9 Å². The van der Waals surface area contributed by atoms with Crippen molar-refractivity contribution in [3.63, 3.8) is 0 Å². The SMILES string of the molecule is Cc1c(C(O)=C2C(=O)CCCC2=O)ccc2scnc12. The van der Waals surface area contributed by atoms with Crippen LogP contribution in [0.15, 0.2) is 23.2 Å². The van der Waals surface area contributed by atoms with E-state index in [-0.39, 0.29) is 22.9 Å². The van der Waals surface area contributed by atoms with E-state index in [1.165, 1.54) is 11.3 Å². The van der Waals surface area contributed by atoms with Gasteiger partial charge in [-0.05, 0) is 31.0 Å². The third-order valence-corrected chi connectivity index (χ3v) is 4.41. The molecule has 102 valence electrons. The zero-order valence-corrected chi connectivity index (χ0v) is 11.8. The zero-order chi connectivity index (χ0) is 14.3. The van der Waals surface area contributed by atoms with Gasteiger partial charge in [-0.15, -0.1) is 11.3 Å². The number of aliphatic hydroxyl groups is 1. The molecule has 0 saturated heterocycles. The first-order valence-electron chi connectivity index (χ1n) is 6.42. The van der Waals surface area contributed by atoms with Crippen LogP contribution in [-0.2, 0) is 9.59 Å². The van der Waals surface area contributed by atoms with E-state index in [4.69, 9.17) is 0 Å². The first-order valence-corrected chi connectivity index (χ1v) is 7.30. The predicted molar refractivity (Wildman–Crippen MR) is 77.8 cm³/mol. The Morgan fingerprint density at radius 2 is 1.95 bits per heavy atom. The quantitative estimate of drug-likeness (QED) is 0.497. The van der Waals surface area contributed by atoms with Crippen molar-refractivity contribution in [2.45, 2.75) is 26.2 Å². The molecule has 1 fully saturated rings. The molecule has 1 aliphatic rings. The maximum atomic E-state index is 11.9. The molecule has 1 aromatic heterocycles. The Morgan fingerprint density at radius 1 is 1.25 bits per heavy atom. The highest BCUT2D eigenvalue weighted by molar-refractivity contribution is 7.16. The van der Waals surface area contributed by atoms with E-state index in [0.29, 0.717) is 24.8 Å². The summed E-state index contributed by atoms with van der Waals surface area (Å²) in [5, 5.41) is 10.4. The number of Topliss-reactive ketones (excluding diaryl/α,β-unsaturated/α-hetero) is 2. The minimum Gasteiger partial charge on any atom is -0.506 e. The summed E-state index contributed by atoms with van der Waals surface area (Å²) >= 11 is 1.52. The number of benzene rings is 1. The highest BCUT2D eigenvalue weighted by Crippen LogP contribution is 2.30. The van der Waals surface area contributed by atoms with Gasteiger partial charge in [-0.3, -0.25) is 9.59 Å². The van der Waals surface area contributed by atoms with Crippen molar-refractivity contribution < 1.29 is 14.7 Å². The molecule has 3 rings (SSSR count). The van der Waals surface area contributed by atoms with Gasteiger partial charge in [0.2, 0.25) is 0 Å². The molecule has 1 aliphatic carbocycles. The highest BCUT2D eigenvalue weighted by atomic mass is 32.1. The van der Waals surface area contributed by atoms with Crippen LogP contribution < -0.4 is 0 Å². The largest absolute Gasteiger partial charge is 0.506 e. The average molecular weight is 287 g/mol. The van der Waals surface area contributed by atoms with Crippen molar-refractivity contribution in [1.29, 1.82) is 0 Å². The van der Waals surface area contributed by atoms with E-state index in [1.54, 1.807) is 11.6 Å². The van der Waals surface area contributed by atoms with Gasteiger partial charge in [-0.25, -0.2) is 4.98 Å². The Bertz CT molecular complexity index is 740. The molecular formula is C15H13NO3S. The Hall–Kier alpha value is -2.01. The van der Waals surface area contributed by atoms with Gasteiger partial charge in [0.15, 0.2) is 11.6 Å². The van der Waals surface area contributed by atoms with E-state index in [9.17, 15) is 14.7 Å². The number of hydrogen-bond acceptors (Lipinski definition) is 5. The molecule has 1 N–H and O–H groups in total. The number of fused-ring (bicyclic) bond motifs is 1. The Morgan fingerprint density at radius 3 is 2.65 bits per heavy atom. The Labute approximate surface area is 119 Å². The van der Waals surface area contributed by atoms with Gasteiger partial charge in [0.05, 0.1) is 15.7 Å². The van der Waals surface area contributed by atoms with Gasteiger partial charge in [0.1, 0.15) is 11.3 Å². The molecule has 0 unspecified atom stereocenters. The summed E-state index contributed by atoms with van der Waals surface area (Å²) in [4.78, 5) is 28.0. The summed E-state index contributed by atoms with van der Waals surface area (Å²) in [5.74, 6) is -0.736. The van der Waals surface area contributed by atoms with E-state index in [2.05, 4.69) is 4.98 Å². The zero-order valence-electron chi connectivity index (χ0n) is 11.0. The predicted octanol–water partition coefficient (Wildman–Crippen LogP) is 3.20. The van der Waals surface area contributed by atoms with Crippen LogP contribution in [0.2, 0.25) is 0 Å². The molecular weight excluding hydrogens is 274 g/mol. The van der Waals surface area contributed by atoms with E-state index < -0.39 is 0 Å². The van der Waals surface area contributed by atoms with Gasteiger partial charge in [-0.1, -0.05) is 0 Å². The van der Waals surface area contributed by atoms with Gasteiger partial charge in [0, 0.05) is 18.4 Å². The lowest BCUT2D eigenvalue weighted by molar-refractivity contribution is -0.123. The van der Waals surface area contributed by atoms with Gasteiger partial charge < -0.3 is 5.11 Å². The van der Waals surface area contributed by atoms with Crippen LogP contribution in [0.5, 0.6) is 0 Å². The smallest absolute Gasteiger partial charge is 0.170 e. The number of aliphatic hydroxyl groups excluding tert-OH is 1. The summed E-state index contributed by atoms with van der Waals surface area (Å²) in [6.45, 7) is 1.84. The maximum absolute atomic E-state index is 11.9. The maximum Gasteiger partial charge on any atom is 0.170 e. The third kappa shape index (κ3) is 1.94. The fraction of sp³-hybridized carbons (Fsp3) is 0.267. The minimum atomic E-state index is -0.267. The molecule has 20 heavy (non-hydrogen) atoms. The number of aromatic nitrogens is 1. The molecule has 0 radical (unpaired) electrons. The van der Waals surface area contributed by atoms with Crippen LogP contribution >= 0.6 is 11.3 Å². The molecule has 5 heteroatoms. The monoisotopic (exact) mass is 287 g/mol. The number of carbonyl (C=O) groups excluding carboxylic acids is 2. The van der Waals surface area contributed by atoms with E-state index >= 15 is 0 Å². The summed E-state index contributed by atoms with van der Waals surface area (Å²) in [7, 11) is 0. The highest BCUT2D eigenvalue weighted by Gasteiger charge is 2.28. The van der Waals surface area contributed by atoms with Crippen molar-refractivity contribution in [3.8, 4) is 0 Å². The number of nitrogens with zero attached hydrogens (tertiary/aromatic N) is 1. The molecule has 1 aromatic carbocycles. The minimum absolute atomic E-state index is 0.0473. The van der Waals surface area contributed by atoms with Crippen molar-refractivity contribution in [2.24, 2.45) is 0 Å². The summed E-state index contributed by atoms with van der Waals surface area (Å²) in [6.07, 6.45) is 1.21. The number of ketones is 2. The molecule has 1 heterocycles. The normalized spacial score (nSPS) is 15.9. The number of rotatable bonds is 1. The standard InChI is InChI=1S/C15H13NO3S/c1-8-9(5-6-12-14(8)16-7-20-12)15(19)13-10(17)3-2-4-11(13)18/h5-7,19H,2-4H2,1H3. The van der Waals surface area contributed by atoms with Gasteiger partial charge >= 0.3 is 0 Å². The van der Waals surface area contributed by atoms with Gasteiger partial charge in [-0.2, -0.15) is 0 Å². The molecule has 0 amide bonds. The number of carbonyl (C=O) groups is 2. The number of allylic oxidation sites excluding steroid dienone is 1. The second-order valence-corrected chi connectivity index (χ2v) is 5.75. The van der Waals surface area contributed by atoms with Crippen LogP contribution in [0.1, 0.15) is 30.4 Å². The van der Waals surface area contributed by atoms with Crippen molar-refractivity contribution in [1.82, 2.24) is 4.98 Å². The number of thiazole rings is 1. The van der Waals surface area contributed by atoms with Crippen molar-refractivity contribution in [3.05, 3.63) is 34.3 Å². The lowest BCUT2D eigenvalue weighted by Crippen LogP contribution is -2.20. The molecule has 0 atom stereocenters. The Kier molecular flexibility index (Phi) is 3.14. The van der Waals surface area contributed by atoms with Crippen molar-refractivity contribution in [2.75, 3.05) is 0 Å². The topological polar surface area (TPSA) is 67.3 Å². The molecule has 0 bridgehead atoms. The summed E-state index contributed by atoms with van der Waals surface area (Å²) < 4.78 is 1.02. The van der Waals surface area contributed by atoms with Crippen LogP contribution in [0.25, 0.3) is 16.0 Å². The lowest BCUT2D eigenvalue weighted by atomic mass is 9.89. The van der Waals surface area contributed by atoms with Crippen LogP contribution in [-0.4, -0.2) is 21.7 Å². The fourth-order valence-electron chi connectivity index (χ4n) is 2.54.